The zero-order chi connectivity index (χ0) is 12.3. The molecule has 0 bridgehead atoms. The number of nitrogens with one attached hydrogen (secondary N) is 1. The molecule has 1 saturated carbocycles. The molecule has 1 amide bonds. The summed E-state index contributed by atoms with van der Waals surface area (Å²) < 4.78 is 12.8. The summed E-state index contributed by atoms with van der Waals surface area (Å²) in [6.07, 6.45) is 3.24. The van der Waals surface area contributed by atoms with Crippen LogP contribution in [-0.2, 0) is 11.2 Å². The normalized spacial score (nSPS) is 16.6. The van der Waals surface area contributed by atoms with Crippen molar-refractivity contribution in [2.75, 3.05) is 5.75 Å². The Hall–Kier alpha value is -1.03. The number of benzene rings is 1. The van der Waals surface area contributed by atoms with Gasteiger partial charge in [-0.1, -0.05) is 12.1 Å². The molecule has 1 aliphatic rings. The van der Waals surface area contributed by atoms with Crippen molar-refractivity contribution < 1.29 is 9.18 Å². The highest BCUT2D eigenvalue weighted by Crippen LogP contribution is 2.38. The fourth-order valence-electron chi connectivity index (χ4n) is 1.95. The summed E-state index contributed by atoms with van der Waals surface area (Å²) in [5, 5.41) is 3.05. The number of thiol groups is 1. The molecule has 1 N–H and O–H groups in total. The second-order valence-electron chi connectivity index (χ2n) is 4.61. The highest BCUT2D eigenvalue weighted by molar-refractivity contribution is 7.80. The van der Waals surface area contributed by atoms with E-state index < -0.39 is 0 Å². The van der Waals surface area contributed by atoms with E-state index in [0.29, 0.717) is 12.2 Å². The largest absolute Gasteiger partial charge is 0.350 e. The van der Waals surface area contributed by atoms with E-state index in [1.165, 1.54) is 12.1 Å². The molecule has 2 nitrogen and oxygen atoms in total. The minimum atomic E-state index is -0.224. The summed E-state index contributed by atoms with van der Waals surface area (Å²) in [4.78, 5) is 11.5. The number of hydrogen-bond donors (Lipinski definition) is 2. The van der Waals surface area contributed by atoms with Crippen LogP contribution in [0.3, 0.4) is 0 Å². The van der Waals surface area contributed by atoms with E-state index in [1.807, 2.05) is 0 Å². The lowest BCUT2D eigenvalue weighted by molar-refractivity contribution is -0.121. The van der Waals surface area contributed by atoms with Gasteiger partial charge in [-0.05, 0) is 42.7 Å². The van der Waals surface area contributed by atoms with Crippen LogP contribution in [0.15, 0.2) is 24.3 Å². The fraction of sp³-hybridized carbons (Fsp3) is 0.462. The van der Waals surface area contributed by atoms with Crippen LogP contribution < -0.4 is 5.32 Å². The third-order valence-corrected chi connectivity index (χ3v) is 3.28. The summed E-state index contributed by atoms with van der Waals surface area (Å²) in [7, 11) is 0. The predicted molar refractivity (Wildman–Crippen MR) is 68.7 cm³/mol. The fourth-order valence-corrected chi connectivity index (χ4v) is 2.15. The van der Waals surface area contributed by atoms with E-state index in [0.717, 1.165) is 24.8 Å². The Morgan fingerprint density at radius 1 is 1.35 bits per heavy atom. The van der Waals surface area contributed by atoms with Gasteiger partial charge < -0.3 is 5.32 Å². The van der Waals surface area contributed by atoms with Crippen LogP contribution in [0.25, 0.3) is 0 Å². The third kappa shape index (κ3) is 3.46. The predicted octanol–water partition coefficient (Wildman–Crippen LogP) is 2.34. The first-order valence-corrected chi connectivity index (χ1v) is 6.43. The van der Waals surface area contributed by atoms with E-state index in [9.17, 15) is 9.18 Å². The summed E-state index contributed by atoms with van der Waals surface area (Å²) >= 11 is 4.04. The summed E-state index contributed by atoms with van der Waals surface area (Å²) in [5.41, 5.74) is 0.979. The molecule has 0 unspecified atom stereocenters. The van der Waals surface area contributed by atoms with Crippen LogP contribution in [0.4, 0.5) is 4.39 Å². The molecule has 4 heteroatoms. The standard InChI is InChI=1S/C13H16FNOS/c14-11-3-1-10(2-4-11)9-13(6-7-13)15-12(16)5-8-17/h1-4,17H,5-9H2,(H,15,16). The lowest BCUT2D eigenvalue weighted by Gasteiger charge is -2.17. The maximum absolute atomic E-state index is 12.8. The number of hydrogen-bond acceptors (Lipinski definition) is 2. The molecule has 0 aliphatic heterocycles. The topological polar surface area (TPSA) is 29.1 Å². The Labute approximate surface area is 106 Å². The lowest BCUT2D eigenvalue weighted by Crippen LogP contribution is -2.38. The Morgan fingerprint density at radius 2 is 2.00 bits per heavy atom. The molecule has 1 aliphatic carbocycles. The van der Waals surface area contributed by atoms with E-state index in [-0.39, 0.29) is 17.3 Å². The molecule has 1 fully saturated rings. The van der Waals surface area contributed by atoms with Gasteiger partial charge in [0.1, 0.15) is 5.82 Å². The maximum Gasteiger partial charge on any atom is 0.221 e. The van der Waals surface area contributed by atoms with Gasteiger partial charge >= 0.3 is 0 Å². The van der Waals surface area contributed by atoms with Gasteiger partial charge in [0.2, 0.25) is 5.91 Å². The molecule has 0 saturated heterocycles. The maximum atomic E-state index is 12.8. The monoisotopic (exact) mass is 253 g/mol. The van der Waals surface area contributed by atoms with E-state index in [4.69, 9.17) is 0 Å². The van der Waals surface area contributed by atoms with Crippen molar-refractivity contribution in [3.63, 3.8) is 0 Å². The minimum Gasteiger partial charge on any atom is -0.350 e. The Balaban J connectivity index is 1.93. The SMILES string of the molecule is O=C(CCS)NC1(Cc2ccc(F)cc2)CC1. The first-order chi connectivity index (χ1) is 8.13. The molecule has 17 heavy (non-hydrogen) atoms. The molecule has 1 aromatic rings. The van der Waals surface area contributed by atoms with Crippen LogP contribution >= 0.6 is 12.6 Å². The summed E-state index contributed by atoms with van der Waals surface area (Å²) in [5.74, 6) is 0.399. The van der Waals surface area contributed by atoms with Gasteiger partial charge in [-0.2, -0.15) is 12.6 Å². The zero-order valence-electron chi connectivity index (χ0n) is 9.58. The molecule has 0 aromatic heterocycles. The van der Waals surface area contributed by atoms with Gasteiger partial charge in [-0.25, -0.2) is 4.39 Å². The number of rotatable bonds is 5. The Morgan fingerprint density at radius 3 is 2.53 bits per heavy atom. The van der Waals surface area contributed by atoms with Crippen molar-refractivity contribution in [1.82, 2.24) is 5.32 Å². The summed E-state index contributed by atoms with van der Waals surface area (Å²) in [6, 6.07) is 6.47. The first kappa shape index (κ1) is 12.4. The Bertz CT molecular complexity index is 400. The van der Waals surface area contributed by atoms with E-state index in [1.54, 1.807) is 12.1 Å². The molecule has 1 aromatic carbocycles. The van der Waals surface area contributed by atoms with Gasteiger partial charge in [0.05, 0.1) is 0 Å². The molecule has 0 heterocycles. The van der Waals surface area contributed by atoms with Crippen LogP contribution in [0.5, 0.6) is 0 Å². The lowest BCUT2D eigenvalue weighted by atomic mass is 10.0. The van der Waals surface area contributed by atoms with Crippen LogP contribution in [-0.4, -0.2) is 17.2 Å². The van der Waals surface area contributed by atoms with Crippen molar-refractivity contribution in [2.45, 2.75) is 31.2 Å². The molecular formula is C13H16FNOS. The number of carbonyl (C=O) groups is 1. The molecule has 92 valence electrons. The van der Waals surface area contributed by atoms with Crippen molar-refractivity contribution in [3.05, 3.63) is 35.6 Å². The molecule has 0 radical (unpaired) electrons. The van der Waals surface area contributed by atoms with Gasteiger partial charge in [0.15, 0.2) is 0 Å². The quantitative estimate of drug-likeness (QED) is 0.775. The third-order valence-electron chi connectivity index (χ3n) is 3.05. The van der Waals surface area contributed by atoms with Crippen LogP contribution in [0.1, 0.15) is 24.8 Å². The van der Waals surface area contributed by atoms with Crippen LogP contribution in [0, 0.1) is 5.82 Å². The summed E-state index contributed by atoms with van der Waals surface area (Å²) in [6.45, 7) is 0. The number of amides is 1. The molecular weight excluding hydrogens is 237 g/mol. The first-order valence-electron chi connectivity index (χ1n) is 5.80. The minimum absolute atomic E-state index is 0.0552. The highest BCUT2D eigenvalue weighted by Gasteiger charge is 2.43. The van der Waals surface area contributed by atoms with Gasteiger partial charge in [-0.15, -0.1) is 0 Å². The van der Waals surface area contributed by atoms with E-state index in [2.05, 4.69) is 17.9 Å². The Kier molecular flexibility index (Phi) is 3.72. The smallest absolute Gasteiger partial charge is 0.221 e. The zero-order valence-corrected chi connectivity index (χ0v) is 10.5. The van der Waals surface area contributed by atoms with Gasteiger partial charge in [0.25, 0.3) is 0 Å². The second kappa shape index (κ2) is 5.08. The second-order valence-corrected chi connectivity index (χ2v) is 5.05. The van der Waals surface area contributed by atoms with Gasteiger partial charge in [-0.3, -0.25) is 4.79 Å². The average Bonchev–Trinajstić information content (AvgIpc) is 3.02. The highest BCUT2D eigenvalue weighted by atomic mass is 32.1. The van der Waals surface area contributed by atoms with E-state index >= 15 is 0 Å². The van der Waals surface area contributed by atoms with Crippen molar-refractivity contribution in [1.29, 1.82) is 0 Å². The average molecular weight is 253 g/mol. The molecule has 0 atom stereocenters. The van der Waals surface area contributed by atoms with Crippen LogP contribution in [0.2, 0.25) is 0 Å². The van der Waals surface area contributed by atoms with Crippen molar-refractivity contribution in [2.24, 2.45) is 0 Å². The molecule has 2 rings (SSSR count). The number of halogens is 1. The molecule has 0 spiro atoms. The van der Waals surface area contributed by atoms with Gasteiger partial charge in [0, 0.05) is 12.0 Å². The van der Waals surface area contributed by atoms with Crippen molar-refractivity contribution in [3.8, 4) is 0 Å². The van der Waals surface area contributed by atoms with Crippen molar-refractivity contribution >= 4 is 18.5 Å². The number of carbonyl (C=O) groups excluding carboxylic acids is 1.